The molecule has 1 aromatic heterocycles. The summed E-state index contributed by atoms with van der Waals surface area (Å²) in [6.07, 6.45) is 8.88. The van der Waals surface area contributed by atoms with Gasteiger partial charge in [-0.2, -0.15) is 0 Å². The predicted octanol–water partition coefficient (Wildman–Crippen LogP) is 2.87. The van der Waals surface area contributed by atoms with E-state index < -0.39 is 0 Å². The smallest absolute Gasteiger partial charge is 0.315 e. The van der Waals surface area contributed by atoms with Gasteiger partial charge in [0.1, 0.15) is 0 Å². The van der Waals surface area contributed by atoms with Crippen molar-refractivity contribution in [1.29, 1.82) is 0 Å². The summed E-state index contributed by atoms with van der Waals surface area (Å²) in [5.41, 5.74) is 1.46. The van der Waals surface area contributed by atoms with Gasteiger partial charge in [-0.3, -0.25) is 0 Å². The van der Waals surface area contributed by atoms with Crippen molar-refractivity contribution in [2.24, 2.45) is 0 Å². The summed E-state index contributed by atoms with van der Waals surface area (Å²) in [4.78, 5) is 23.2. The second-order valence-corrected chi connectivity index (χ2v) is 7.64. The molecule has 0 bridgehead atoms. The summed E-state index contributed by atoms with van der Waals surface area (Å²) in [5, 5.41) is 6.27. The van der Waals surface area contributed by atoms with Crippen molar-refractivity contribution in [2.75, 3.05) is 24.5 Å². The van der Waals surface area contributed by atoms with Crippen LogP contribution in [-0.2, 0) is 5.41 Å². The maximum Gasteiger partial charge on any atom is 0.315 e. The van der Waals surface area contributed by atoms with E-state index in [1.165, 1.54) is 12.0 Å². The maximum absolute atomic E-state index is 12.4. The minimum atomic E-state index is -0.0494. The minimum Gasteiger partial charge on any atom is -0.341 e. The van der Waals surface area contributed by atoms with Crippen LogP contribution in [0.15, 0.2) is 48.8 Å². The summed E-state index contributed by atoms with van der Waals surface area (Å²) >= 11 is 0. The zero-order chi connectivity index (χ0) is 18.5. The fourth-order valence-corrected chi connectivity index (χ4v) is 4.13. The Morgan fingerprint density at radius 2 is 1.78 bits per heavy atom. The number of carbonyl (C=O) groups excluding carboxylic acids is 1. The molecule has 1 aliphatic carbocycles. The van der Waals surface area contributed by atoms with Crippen molar-refractivity contribution < 1.29 is 4.79 Å². The first-order chi connectivity index (χ1) is 13.3. The van der Waals surface area contributed by atoms with Gasteiger partial charge >= 0.3 is 6.03 Å². The van der Waals surface area contributed by atoms with Gasteiger partial charge in [-0.1, -0.05) is 36.8 Å². The third-order valence-electron chi connectivity index (χ3n) is 5.95. The van der Waals surface area contributed by atoms with E-state index in [9.17, 15) is 4.79 Å². The Kier molecular flexibility index (Phi) is 5.23. The second kappa shape index (κ2) is 7.94. The van der Waals surface area contributed by atoms with Crippen LogP contribution in [0, 0.1) is 0 Å². The number of benzene rings is 1. The Morgan fingerprint density at radius 3 is 2.41 bits per heavy atom. The SMILES string of the molecule is O=C(NCC1(c2ccccc2)CCC1)NC1CCN(c2ncccn2)CC1. The normalized spacial score (nSPS) is 19.2. The van der Waals surface area contributed by atoms with Crippen molar-refractivity contribution in [3.05, 3.63) is 54.4 Å². The number of carbonyl (C=O) groups is 1. The van der Waals surface area contributed by atoms with Crippen LogP contribution in [0.3, 0.4) is 0 Å². The number of urea groups is 1. The lowest BCUT2D eigenvalue weighted by Crippen LogP contribution is -2.52. The Bertz CT molecular complexity index is 740. The van der Waals surface area contributed by atoms with Gasteiger partial charge in [0, 0.05) is 43.5 Å². The summed E-state index contributed by atoms with van der Waals surface area (Å²) in [6, 6.07) is 12.6. The lowest BCUT2D eigenvalue weighted by atomic mass is 9.64. The molecule has 0 spiro atoms. The second-order valence-electron chi connectivity index (χ2n) is 7.64. The van der Waals surface area contributed by atoms with E-state index in [0.717, 1.165) is 44.7 Å². The van der Waals surface area contributed by atoms with E-state index in [1.807, 2.05) is 12.1 Å². The first-order valence-electron chi connectivity index (χ1n) is 9.87. The lowest BCUT2D eigenvalue weighted by Gasteiger charge is -2.42. The van der Waals surface area contributed by atoms with E-state index in [1.54, 1.807) is 12.4 Å². The molecule has 27 heavy (non-hydrogen) atoms. The van der Waals surface area contributed by atoms with Crippen molar-refractivity contribution in [3.63, 3.8) is 0 Å². The number of piperidine rings is 1. The molecule has 1 aliphatic heterocycles. The highest BCUT2D eigenvalue weighted by Crippen LogP contribution is 2.43. The molecule has 1 saturated heterocycles. The van der Waals surface area contributed by atoms with Gasteiger partial charge in [-0.25, -0.2) is 14.8 Å². The van der Waals surface area contributed by atoms with Crippen LogP contribution in [0.25, 0.3) is 0 Å². The highest BCUT2D eigenvalue weighted by Gasteiger charge is 2.38. The Balaban J connectivity index is 1.25. The van der Waals surface area contributed by atoms with Crippen molar-refractivity contribution in [3.8, 4) is 0 Å². The van der Waals surface area contributed by atoms with Crippen LogP contribution in [0.2, 0.25) is 0 Å². The molecule has 6 nitrogen and oxygen atoms in total. The van der Waals surface area contributed by atoms with E-state index in [4.69, 9.17) is 0 Å². The minimum absolute atomic E-state index is 0.0494. The number of nitrogens with zero attached hydrogens (tertiary/aromatic N) is 3. The van der Waals surface area contributed by atoms with Gasteiger partial charge in [0.05, 0.1) is 0 Å². The highest BCUT2D eigenvalue weighted by atomic mass is 16.2. The topological polar surface area (TPSA) is 70.2 Å². The summed E-state index contributed by atoms with van der Waals surface area (Å²) in [7, 11) is 0. The third-order valence-corrected chi connectivity index (χ3v) is 5.95. The van der Waals surface area contributed by atoms with Gasteiger partial charge in [0.15, 0.2) is 0 Å². The summed E-state index contributed by atoms with van der Waals surface area (Å²) in [5.74, 6) is 0.773. The number of amides is 2. The first-order valence-corrected chi connectivity index (χ1v) is 9.87. The molecule has 0 radical (unpaired) electrons. The largest absolute Gasteiger partial charge is 0.341 e. The van der Waals surface area contributed by atoms with Crippen molar-refractivity contribution >= 4 is 12.0 Å². The Labute approximate surface area is 160 Å². The number of anilines is 1. The van der Waals surface area contributed by atoms with E-state index in [-0.39, 0.29) is 17.5 Å². The molecule has 0 unspecified atom stereocenters. The van der Waals surface area contributed by atoms with E-state index >= 15 is 0 Å². The number of nitrogens with one attached hydrogen (secondary N) is 2. The molecule has 1 aromatic carbocycles. The van der Waals surface area contributed by atoms with Crippen LogP contribution >= 0.6 is 0 Å². The lowest BCUT2D eigenvalue weighted by molar-refractivity contribution is 0.211. The molecule has 1 saturated carbocycles. The molecule has 0 atom stereocenters. The van der Waals surface area contributed by atoms with Crippen molar-refractivity contribution in [2.45, 2.75) is 43.6 Å². The van der Waals surface area contributed by atoms with Crippen LogP contribution in [0.4, 0.5) is 10.7 Å². The highest BCUT2D eigenvalue weighted by molar-refractivity contribution is 5.74. The quantitative estimate of drug-likeness (QED) is 0.855. The molecular formula is C21H27N5O. The van der Waals surface area contributed by atoms with Gasteiger partial charge < -0.3 is 15.5 Å². The molecule has 142 valence electrons. The summed E-state index contributed by atoms with van der Waals surface area (Å²) < 4.78 is 0. The average Bonchev–Trinajstić information content (AvgIpc) is 2.69. The number of hydrogen-bond donors (Lipinski definition) is 2. The number of aromatic nitrogens is 2. The zero-order valence-electron chi connectivity index (χ0n) is 15.6. The fraction of sp³-hybridized carbons (Fsp3) is 0.476. The summed E-state index contributed by atoms with van der Waals surface area (Å²) in [6.45, 7) is 2.44. The fourth-order valence-electron chi connectivity index (χ4n) is 4.13. The molecule has 2 aliphatic rings. The van der Waals surface area contributed by atoms with Crippen LogP contribution < -0.4 is 15.5 Å². The Hall–Kier alpha value is -2.63. The average molecular weight is 365 g/mol. The standard InChI is InChI=1S/C21H27N5O/c27-20(24-16-21(10-4-11-21)17-6-2-1-3-7-17)25-18-8-14-26(15-9-18)19-22-12-5-13-23-19/h1-3,5-7,12-13,18H,4,8-11,14-16H2,(H2,24,25,27). The number of hydrogen-bond acceptors (Lipinski definition) is 4. The van der Waals surface area contributed by atoms with Crippen LogP contribution in [-0.4, -0.2) is 41.7 Å². The zero-order valence-corrected chi connectivity index (χ0v) is 15.6. The Morgan fingerprint density at radius 1 is 1.07 bits per heavy atom. The van der Waals surface area contributed by atoms with Gasteiger partial charge in [0.25, 0.3) is 0 Å². The monoisotopic (exact) mass is 365 g/mol. The molecule has 2 aromatic rings. The van der Waals surface area contributed by atoms with Crippen molar-refractivity contribution in [1.82, 2.24) is 20.6 Å². The van der Waals surface area contributed by atoms with Gasteiger partial charge in [-0.05, 0) is 37.3 Å². The third kappa shape index (κ3) is 4.04. The molecule has 6 heteroatoms. The molecular weight excluding hydrogens is 338 g/mol. The molecule has 2 heterocycles. The van der Waals surface area contributed by atoms with Gasteiger partial charge in [0.2, 0.25) is 5.95 Å². The maximum atomic E-state index is 12.4. The predicted molar refractivity (Wildman–Crippen MR) is 106 cm³/mol. The number of rotatable bonds is 5. The first kappa shape index (κ1) is 17.8. The molecule has 2 fully saturated rings. The van der Waals surface area contributed by atoms with Crippen LogP contribution in [0.1, 0.15) is 37.7 Å². The van der Waals surface area contributed by atoms with E-state index in [2.05, 4.69) is 49.8 Å². The molecule has 2 amide bonds. The molecule has 2 N–H and O–H groups in total. The van der Waals surface area contributed by atoms with Gasteiger partial charge in [-0.15, -0.1) is 0 Å². The van der Waals surface area contributed by atoms with E-state index in [0.29, 0.717) is 6.54 Å². The molecule has 4 rings (SSSR count). The van der Waals surface area contributed by atoms with Crippen LogP contribution in [0.5, 0.6) is 0 Å².